The molecule has 0 radical (unpaired) electrons. The highest BCUT2D eigenvalue weighted by Crippen LogP contribution is 2.16. The van der Waals surface area contributed by atoms with Crippen molar-refractivity contribution in [3.63, 3.8) is 0 Å². The van der Waals surface area contributed by atoms with E-state index < -0.39 is 6.10 Å². The molecule has 0 aliphatic heterocycles. The van der Waals surface area contributed by atoms with Crippen LogP contribution in [0.1, 0.15) is 297 Å². The number of carbonyl (C=O) groups excluding carboxylic acids is 3. The first-order valence-electron chi connectivity index (χ1n) is 28.0. The van der Waals surface area contributed by atoms with Gasteiger partial charge in [0.1, 0.15) is 13.2 Å². The van der Waals surface area contributed by atoms with Gasteiger partial charge in [-0.1, -0.05) is 237 Å². The third kappa shape index (κ3) is 50.6. The number of hydrogen-bond donors (Lipinski definition) is 0. The molecule has 1 atom stereocenters. The zero-order chi connectivity index (χ0) is 46.5. The molecule has 0 aromatic rings. The fraction of sp³-hybridized carbons (Fsp3) is 0.845. The van der Waals surface area contributed by atoms with E-state index in [0.717, 1.165) is 70.6 Å². The first kappa shape index (κ1) is 61.6. The maximum Gasteiger partial charge on any atom is 0.306 e. The van der Waals surface area contributed by atoms with Gasteiger partial charge in [0.15, 0.2) is 6.10 Å². The van der Waals surface area contributed by atoms with E-state index >= 15 is 0 Å². The lowest BCUT2D eigenvalue weighted by Gasteiger charge is -2.18. The largest absolute Gasteiger partial charge is 0.462 e. The molecule has 0 spiro atoms. The summed E-state index contributed by atoms with van der Waals surface area (Å²) < 4.78 is 16.8. The average Bonchev–Trinajstić information content (AvgIpc) is 3.29. The van der Waals surface area contributed by atoms with Crippen LogP contribution in [0, 0.1) is 0 Å². The molecule has 6 heteroatoms. The second kappa shape index (κ2) is 53.2. The van der Waals surface area contributed by atoms with Gasteiger partial charge >= 0.3 is 17.9 Å². The molecule has 0 aromatic heterocycles. The highest BCUT2D eigenvalue weighted by atomic mass is 16.6. The van der Waals surface area contributed by atoms with Crippen molar-refractivity contribution in [1.29, 1.82) is 0 Å². The summed E-state index contributed by atoms with van der Waals surface area (Å²) in [6, 6.07) is 0. The van der Waals surface area contributed by atoms with Gasteiger partial charge in [-0.05, 0) is 77.0 Å². The van der Waals surface area contributed by atoms with Crippen LogP contribution in [0.4, 0.5) is 0 Å². The van der Waals surface area contributed by atoms with E-state index in [0.29, 0.717) is 19.3 Å². The standard InChI is InChI=1S/C58H106O6/c1-4-7-10-13-16-19-22-24-25-26-27-28-29-30-31-32-33-35-36-39-42-45-48-51-57(60)63-54-55(53-62-56(59)50-47-44-41-38-21-18-15-12-9-6-3)64-58(61)52-49-46-43-40-37-34-23-20-17-14-11-8-5-2/h20,22-24,26-27,55H,4-19,21,25,28-54H2,1-3H3/b23-20-,24-22-,27-26-. The Labute approximate surface area is 397 Å². The van der Waals surface area contributed by atoms with Crippen LogP contribution in [-0.4, -0.2) is 37.2 Å². The van der Waals surface area contributed by atoms with Gasteiger partial charge in [0.25, 0.3) is 0 Å². The first-order valence-corrected chi connectivity index (χ1v) is 28.0. The van der Waals surface area contributed by atoms with Crippen LogP contribution in [0.25, 0.3) is 0 Å². The van der Waals surface area contributed by atoms with Gasteiger partial charge in [0.2, 0.25) is 0 Å². The second-order valence-corrected chi connectivity index (χ2v) is 18.8. The zero-order valence-electron chi connectivity index (χ0n) is 42.8. The van der Waals surface area contributed by atoms with Crippen molar-refractivity contribution >= 4 is 17.9 Å². The van der Waals surface area contributed by atoms with Gasteiger partial charge in [-0.3, -0.25) is 14.4 Å². The number of esters is 3. The lowest BCUT2D eigenvalue weighted by Crippen LogP contribution is -2.30. The van der Waals surface area contributed by atoms with Gasteiger partial charge in [0, 0.05) is 19.3 Å². The van der Waals surface area contributed by atoms with Crippen molar-refractivity contribution in [2.24, 2.45) is 0 Å². The normalized spacial score (nSPS) is 12.2. The summed E-state index contributed by atoms with van der Waals surface area (Å²) in [6.07, 6.45) is 62.8. The number of hydrogen-bond acceptors (Lipinski definition) is 6. The number of rotatable bonds is 51. The van der Waals surface area contributed by atoms with Crippen molar-refractivity contribution in [2.45, 2.75) is 303 Å². The van der Waals surface area contributed by atoms with Crippen LogP contribution in [0.15, 0.2) is 36.5 Å². The number of ether oxygens (including phenoxy) is 3. The molecular weight excluding hydrogens is 793 g/mol. The molecule has 0 bridgehead atoms. The van der Waals surface area contributed by atoms with Gasteiger partial charge in [-0.2, -0.15) is 0 Å². The Hall–Kier alpha value is -2.37. The average molecular weight is 899 g/mol. The van der Waals surface area contributed by atoms with Crippen LogP contribution in [-0.2, 0) is 28.6 Å². The molecule has 374 valence electrons. The SMILES string of the molecule is CCCCCC/C=C\CCCCCCCC(=O)OC(COC(=O)CCCCCCCCCCCC)COC(=O)CCCCCCCCCCCCC/C=C\C/C=C\CCCCCCC. The lowest BCUT2D eigenvalue weighted by atomic mass is 10.0. The summed E-state index contributed by atoms with van der Waals surface area (Å²) in [5.41, 5.74) is 0. The molecule has 0 aliphatic carbocycles. The Morgan fingerprint density at radius 2 is 0.562 bits per heavy atom. The predicted octanol–water partition coefficient (Wildman–Crippen LogP) is 18.5. The van der Waals surface area contributed by atoms with E-state index in [4.69, 9.17) is 14.2 Å². The molecular formula is C58H106O6. The second-order valence-electron chi connectivity index (χ2n) is 18.8. The van der Waals surface area contributed by atoms with Gasteiger partial charge in [-0.25, -0.2) is 0 Å². The van der Waals surface area contributed by atoms with Crippen LogP contribution in [0.3, 0.4) is 0 Å². The topological polar surface area (TPSA) is 78.9 Å². The molecule has 1 unspecified atom stereocenters. The van der Waals surface area contributed by atoms with E-state index in [1.165, 1.54) is 186 Å². The summed E-state index contributed by atoms with van der Waals surface area (Å²) in [4.78, 5) is 38.0. The fourth-order valence-corrected chi connectivity index (χ4v) is 8.12. The van der Waals surface area contributed by atoms with Crippen LogP contribution in [0.5, 0.6) is 0 Å². The molecule has 0 rings (SSSR count). The Bertz CT molecular complexity index is 1080. The van der Waals surface area contributed by atoms with Crippen molar-refractivity contribution < 1.29 is 28.6 Å². The maximum atomic E-state index is 12.8. The van der Waals surface area contributed by atoms with Crippen LogP contribution < -0.4 is 0 Å². The summed E-state index contributed by atoms with van der Waals surface area (Å²) in [7, 11) is 0. The smallest absolute Gasteiger partial charge is 0.306 e. The van der Waals surface area contributed by atoms with Crippen LogP contribution >= 0.6 is 0 Å². The van der Waals surface area contributed by atoms with E-state index in [1.54, 1.807) is 0 Å². The number of carbonyl (C=O) groups is 3. The first-order chi connectivity index (χ1) is 31.5. The van der Waals surface area contributed by atoms with Crippen molar-refractivity contribution in [3.05, 3.63) is 36.5 Å². The molecule has 0 saturated carbocycles. The minimum atomic E-state index is -0.772. The molecule has 64 heavy (non-hydrogen) atoms. The summed E-state index contributed by atoms with van der Waals surface area (Å²) >= 11 is 0. The van der Waals surface area contributed by atoms with Gasteiger partial charge < -0.3 is 14.2 Å². The van der Waals surface area contributed by atoms with Gasteiger partial charge in [-0.15, -0.1) is 0 Å². The van der Waals surface area contributed by atoms with E-state index in [1.807, 2.05) is 0 Å². The lowest BCUT2D eigenvalue weighted by molar-refractivity contribution is -0.167. The summed E-state index contributed by atoms with van der Waals surface area (Å²) in [5, 5.41) is 0. The molecule has 0 aliphatic rings. The zero-order valence-corrected chi connectivity index (χ0v) is 42.8. The molecule has 0 heterocycles. The monoisotopic (exact) mass is 899 g/mol. The highest BCUT2D eigenvalue weighted by Gasteiger charge is 2.19. The number of allylic oxidation sites excluding steroid dienone is 6. The molecule has 0 aromatic carbocycles. The summed E-state index contributed by atoms with van der Waals surface area (Å²) in [5.74, 6) is -0.873. The number of unbranched alkanes of at least 4 members (excludes halogenated alkanes) is 34. The molecule has 0 saturated heterocycles. The predicted molar refractivity (Wildman–Crippen MR) is 275 cm³/mol. The van der Waals surface area contributed by atoms with Crippen molar-refractivity contribution in [1.82, 2.24) is 0 Å². The Kier molecular flexibility index (Phi) is 51.3. The molecule has 6 nitrogen and oxygen atoms in total. The Morgan fingerprint density at radius 1 is 0.312 bits per heavy atom. The molecule has 0 fully saturated rings. The minimum Gasteiger partial charge on any atom is -0.462 e. The fourth-order valence-electron chi connectivity index (χ4n) is 8.12. The maximum absolute atomic E-state index is 12.8. The van der Waals surface area contributed by atoms with Gasteiger partial charge in [0.05, 0.1) is 0 Å². The minimum absolute atomic E-state index is 0.0729. The van der Waals surface area contributed by atoms with Crippen molar-refractivity contribution in [3.8, 4) is 0 Å². The third-order valence-electron chi connectivity index (χ3n) is 12.4. The molecule has 0 amide bonds. The van der Waals surface area contributed by atoms with E-state index in [-0.39, 0.29) is 31.1 Å². The third-order valence-corrected chi connectivity index (χ3v) is 12.4. The highest BCUT2D eigenvalue weighted by molar-refractivity contribution is 5.71. The van der Waals surface area contributed by atoms with Crippen molar-refractivity contribution in [2.75, 3.05) is 13.2 Å². The Balaban J connectivity index is 4.22. The Morgan fingerprint density at radius 3 is 0.891 bits per heavy atom. The van der Waals surface area contributed by atoms with E-state index in [9.17, 15) is 14.4 Å². The van der Waals surface area contributed by atoms with Crippen LogP contribution in [0.2, 0.25) is 0 Å². The molecule has 0 N–H and O–H groups in total. The summed E-state index contributed by atoms with van der Waals surface area (Å²) in [6.45, 7) is 6.62. The quantitative estimate of drug-likeness (QED) is 0.0262. The van der Waals surface area contributed by atoms with E-state index in [2.05, 4.69) is 57.2 Å².